The molecule has 11 heteroatoms. The summed E-state index contributed by atoms with van der Waals surface area (Å²) in [6.07, 6.45) is -3.24. The molecule has 2 rings (SSSR count). The molecule has 0 radical (unpaired) electrons. The maximum absolute atomic E-state index is 12.7. The number of carbonyl (C=O) groups excluding carboxylic acids is 1. The number of thiocarbonyl (C=S) groups is 1. The Labute approximate surface area is 176 Å². The Morgan fingerprint density at radius 3 is 2.62 bits per heavy atom. The molecule has 0 aliphatic rings. The van der Waals surface area contributed by atoms with E-state index in [1.165, 1.54) is 23.1 Å². The van der Waals surface area contributed by atoms with Crippen molar-refractivity contribution in [2.24, 2.45) is 0 Å². The van der Waals surface area contributed by atoms with E-state index in [1.807, 2.05) is 13.8 Å². The molecule has 0 amide bonds. The van der Waals surface area contributed by atoms with Crippen LogP contribution in [0.2, 0.25) is 0 Å². The van der Waals surface area contributed by atoms with Gasteiger partial charge in [-0.3, -0.25) is 4.68 Å². The van der Waals surface area contributed by atoms with Gasteiger partial charge < -0.3 is 15.4 Å². The molecular weight excluding hydrogens is 425 g/mol. The lowest BCUT2D eigenvalue weighted by Crippen LogP contribution is -2.30. The van der Waals surface area contributed by atoms with Crippen LogP contribution in [0.3, 0.4) is 0 Å². The van der Waals surface area contributed by atoms with Crippen LogP contribution in [0.5, 0.6) is 0 Å². The Kier molecular flexibility index (Phi) is 7.64. The van der Waals surface area contributed by atoms with Crippen LogP contribution in [0.1, 0.15) is 45.5 Å². The molecule has 0 unspecified atom stereocenters. The number of aryl methyl sites for hydroxylation is 3. The molecule has 29 heavy (non-hydrogen) atoms. The molecule has 0 aromatic carbocycles. The number of esters is 1. The van der Waals surface area contributed by atoms with E-state index in [0.717, 1.165) is 16.5 Å². The van der Waals surface area contributed by atoms with Crippen LogP contribution in [-0.4, -0.2) is 34.5 Å². The molecule has 160 valence electrons. The second kappa shape index (κ2) is 9.57. The van der Waals surface area contributed by atoms with Crippen LogP contribution in [0, 0.1) is 13.8 Å². The van der Waals surface area contributed by atoms with E-state index >= 15 is 0 Å². The van der Waals surface area contributed by atoms with Crippen molar-refractivity contribution in [1.82, 2.24) is 15.1 Å². The first-order valence-corrected chi connectivity index (χ1v) is 10.2. The normalized spacial score (nSPS) is 11.4. The Hall–Kier alpha value is -2.14. The molecule has 0 fully saturated rings. The summed E-state index contributed by atoms with van der Waals surface area (Å²) in [5, 5.41) is 10.6. The van der Waals surface area contributed by atoms with Crippen molar-refractivity contribution in [2.75, 3.05) is 19.0 Å². The number of rotatable bonds is 7. The number of alkyl halides is 3. The van der Waals surface area contributed by atoms with Crippen LogP contribution in [0.25, 0.3) is 0 Å². The maximum atomic E-state index is 12.7. The van der Waals surface area contributed by atoms with E-state index in [1.54, 1.807) is 6.92 Å². The highest BCUT2D eigenvalue weighted by molar-refractivity contribution is 7.80. The average molecular weight is 449 g/mol. The lowest BCUT2D eigenvalue weighted by Gasteiger charge is -2.11. The quantitative estimate of drug-likeness (QED) is 0.374. The predicted molar refractivity (Wildman–Crippen MR) is 111 cm³/mol. The first-order chi connectivity index (χ1) is 13.6. The van der Waals surface area contributed by atoms with Crippen molar-refractivity contribution in [3.05, 3.63) is 33.5 Å². The third-order valence-electron chi connectivity index (χ3n) is 4.28. The highest BCUT2D eigenvalue weighted by atomic mass is 32.1. The summed E-state index contributed by atoms with van der Waals surface area (Å²) in [6.45, 7) is 6.23. The molecule has 0 saturated heterocycles. The number of hydrogen-bond donors (Lipinski definition) is 2. The summed E-state index contributed by atoms with van der Waals surface area (Å²) in [5.41, 5.74) is 0.951. The van der Waals surface area contributed by atoms with Crippen molar-refractivity contribution in [3.8, 4) is 0 Å². The third-order valence-corrected chi connectivity index (χ3v) is 5.59. The third kappa shape index (κ3) is 5.69. The van der Waals surface area contributed by atoms with Crippen molar-refractivity contribution in [1.29, 1.82) is 0 Å². The van der Waals surface area contributed by atoms with Gasteiger partial charge >= 0.3 is 12.1 Å². The maximum Gasteiger partial charge on any atom is 0.435 e. The van der Waals surface area contributed by atoms with Crippen molar-refractivity contribution in [3.63, 3.8) is 0 Å². The Morgan fingerprint density at radius 2 is 2.07 bits per heavy atom. The first-order valence-electron chi connectivity index (χ1n) is 8.95. The molecule has 0 bridgehead atoms. The van der Waals surface area contributed by atoms with Crippen LogP contribution in [-0.2, 0) is 23.9 Å². The molecule has 6 nitrogen and oxygen atoms in total. The fraction of sp³-hybridized carbons (Fsp3) is 0.500. The highest BCUT2D eigenvalue weighted by Crippen LogP contribution is 2.34. The fourth-order valence-corrected chi connectivity index (χ4v) is 4.27. The number of ether oxygens (including phenoxy) is 1. The number of methoxy groups -OCH3 is 1. The largest absolute Gasteiger partial charge is 0.465 e. The van der Waals surface area contributed by atoms with Gasteiger partial charge in [0.15, 0.2) is 10.8 Å². The molecule has 2 aromatic rings. The number of nitrogens with zero attached hydrogens (tertiary/aromatic N) is 2. The SMILES string of the molecule is CCc1c(C)sc(NC(=S)NCCCn2nc(C(F)(F)F)cc2C)c1C(=O)OC. The summed E-state index contributed by atoms with van der Waals surface area (Å²) < 4.78 is 44.3. The summed E-state index contributed by atoms with van der Waals surface area (Å²) in [5.74, 6) is -0.425. The number of halogens is 3. The molecule has 0 spiro atoms. The molecule has 0 aliphatic heterocycles. The molecule has 0 saturated carbocycles. The standard InChI is InChI=1S/C18H23F3N4O2S2/c1-5-12-11(3)29-15(14(12)16(26)27-4)23-17(28)22-7-6-8-25-10(2)9-13(24-25)18(19,20)21/h9H,5-8H2,1-4H3,(H2,22,23,28). The molecular formula is C18H23F3N4O2S2. The van der Waals surface area contributed by atoms with E-state index < -0.39 is 17.8 Å². The van der Waals surface area contributed by atoms with Gasteiger partial charge in [-0.1, -0.05) is 6.92 Å². The van der Waals surface area contributed by atoms with Gasteiger partial charge in [0.1, 0.15) is 5.00 Å². The number of nitrogens with one attached hydrogen (secondary N) is 2. The second-order valence-electron chi connectivity index (χ2n) is 6.31. The fourth-order valence-electron chi connectivity index (χ4n) is 2.86. The zero-order chi connectivity index (χ0) is 21.8. The first kappa shape index (κ1) is 23.1. The van der Waals surface area contributed by atoms with E-state index in [4.69, 9.17) is 17.0 Å². The Balaban J connectivity index is 1.92. The van der Waals surface area contributed by atoms with Crippen molar-refractivity contribution < 1.29 is 22.7 Å². The summed E-state index contributed by atoms with van der Waals surface area (Å²) >= 11 is 6.70. The lowest BCUT2D eigenvalue weighted by molar-refractivity contribution is -0.141. The number of carbonyl (C=O) groups is 1. The van der Waals surface area contributed by atoms with Crippen LogP contribution < -0.4 is 10.6 Å². The predicted octanol–water partition coefficient (Wildman–Crippen LogP) is 4.31. The van der Waals surface area contributed by atoms with E-state index in [0.29, 0.717) is 47.3 Å². The van der Waals surface area contributed by atoms with E-state index in [-0.39, 0.29) is 0 Å². The minimum atomic E-state index is -4.45. The number of hydrogen-bond acceptors (Lipinski definition) is 5. The summed E-state index contributed by atoms with van der Waals surface area (Å²) in [7, 11) is 1.33. The molecule has 2 aromatic heterocycles. The zero-order valence-electron chi connectivity index (χ0n) is 16.6. The Morgan fingerprint density at radius 1 is 1.38 bits per heavy atom. The van der Waals surface area contributed by atoms with Gasteiger partial charge in [-0.05, 0) is 50.5 Å². The summed E-state index contributed by atoms with van der Waals surface area (Å²) in [6, 6.07) is 1.03. The van der Waals surface area contributed by atoms with Gasteiger partial charge in [-0.25, -0.2) is 4.79 Å². The van der Waals surface area contributed by atoms with Crippen molar-refractivity contribution >= 4 is 39.6 Å². The minimum absolute atomic E-state index is 0.322. The van der Waals surface area contributed by atoms with Gasteiger partial charge in [-0.2, -0.15) is 18.3 Å². The molecule has 0 aliphatic carbocycles. The number of anilines is 1. The molecule has 0 atom stereocenters. The Bertz CT molecular complexity index is 891. The number of aromatic nitrogens is 2. The number of thiophene rings is 1. The van der Waals surface area contributed by atoms with E-state index in [9.17, 15) is 18.0 Å². The topological polar surface area (TPSA) is 68.2 Å². The molecule has 2 heterocycles. The van der Waals surface area contributed by atoms with Crippen molar-refractivity contribution in [2.45, 2.75) is 46.3 Å². The summed E-state index contributed by atoms with van der Waals surface area (Å²) in [4.78, 5) is 13.1. The smallest absolute Gasteiger partial charge is 0.435 e. The zero-order valence-corrected chi connectivity index (χ0v) is 18.2. The highest BCUT2D eigenvalue weighted by Gasteiger charge is 2.34. The van der Waals surface area contributed by atoms with Crippen LogP contribution in [0.15, 0.2) is 6.07 Å². The molecule has 2 N–H and O–H groups in total. The average Bonchev–Trinajstić information content (AvgIpc) is 3.17. The van der Waals surface area contributed by atoms with E-state index in [2.05, 4.69) is 15.7 Å². The van der Waals surface area contributed by atoms with Gasteiger partial charge in [0.2, 0.25) is 0 Å². The van der Waals surface area contributed by atoms with Crippen LogP contribution >= 0.6 is 23.6 Å². The van der Waals surface area contributed by atoms with Gasteiger partial charge in [0.25, 0.3) is 0 Å². The van der Waals surface area contributed by atoms with Gasteiger partial charge in [0.05, 0.1) is 12.7 Å². The second-order valence-corrected chi connectivity index (χ2v) is 7.95. The lowest BCUT2D eigenvalue weighted by atomic mass is 10.1. The minimum Gasteiger partial charge on any atom is -0.465 e. The van der Waals surface area contributed by atoms with Gasteiger partial charge in [0, 0.05) is 23.7 Å². The monoisotopic (exact) mass is 448 g/mol. The van der Waals surface area contributed by atoms with Gasteiger partial charge in [-0.15, -0.1) is 11.3 Å². The van der Waals surface area contributed by atoms with Crippen LogP contribution in [0.4, 0.5) is 18.2 Å².